The van der Waals surface area contributed by atoms with Crippen molar-refractivity contribution < 1.29 is 9.90 Å². The first-order chi connectivity index (χ1) is 16.0. The summed E-state index contributed by atoms with van der Waals surface area (Å²) in [6.45, 7) is 15.8. The van der Waals surface area contributed by atoms with Gasteiger partial charge in [0.2, 0.25) is 5.91 Å². The van der Waals surface area contributed by atoms with E-state index in [2.05, 4.69) is 65.9 Å². The number of carbonyl (C=O) groups is 1. The molecule has 0 spiro atoms. The summed E-state index contributed by atoms with van der Waals surface area (Å²) in [6.07, 6.45) is 17.2. The van der Waals surface area contributed by atoms with Crippen molar-refractivity contribution in [1.29, 1.82) is 0 Å². The molecule has 0 atom stereocenters. The van der Waals surface area contributed by atoms with Crippen LogP contribution in [-0.2, 0) is 22.0 Å². The van der Waals surface area contributed by atoms with E-state index in [1.807, 2.05) is 0 Å². The van der Waals surface area contributed by atoms with Gasteiger partial charge in [0.05, 0.1) is 0 Å². The van der Waals surface area contributed by atoms with Crippen LogP contribution in [0.5, 0.6) is 5.75 Å². The van der Waals surface area contributed by atoms with Crippen molar-refractivity contribution in [2.75, 3.05) is 6.54 Å². The Bertz CT molecular complexity index is 674. The first kappa shape index (κ1) is 30.5. The van der Waals surface area contributed by atoms with E-state index in [0.29, 0.717) is 18.6 Å². The SMILES string of the molecule is CCCCCCCCCCCCCCNC(=O)CCc1cc(C(C)(C)C)c(O)c(C(C)(C)C)c1. The normalized spacial score (nSPS) is 12.2. The van der Waals surface area contributed by atoms with E-state index in [9.17, 15) is 9.90 Å². The first-order valence-corrected chi connectivity index (χ1v) is 14.1. The Balaban J connectivity index is 2.29. The van der Waals surface area contributed by atoms with Gasteiger partial charge in [0.1, 0.15) is 5.75 Å². The molecule has 1 amide bonds. The molecule has 3 heteroatoms. The Hall–Kier alpha value is -1.51. The van der Waals surface area contributed by atoms with Crippen molar-refractivity contribution in [3.05, 3.63) is 28.8 Å². The number of phenolic OH excluding ortho intramolecular Hbond substituents is 1. The molecule has 0 aliphatic carbocycles. The third-order valence-corrected chi connectivity index (χ3v) is 6.78. The minimum atomic E-state index is -0.142. The zero-order valence-corrected chi connectivity index (χ0v) is 23.6. The van der Waals surface area contributed by atoms with E-state index in [0.717, 1.165) is 29.7 Å². The van der Waals surface area contributed by atoms with Gasteiger partial charge in [0.25, 0.3) is 0 Å². The molecule has 0 heterocycles. The molecule has 1 aromatic rings. The van der Waals surface area contributed by atoms with Gasteiger partial charge in [-0.1, -0.05) is 131 Å². The summed E-state index contributed by atoms with van der Waals surface area (Å²) in [5.41, 5.74) is 2.78. The molecular weight excluding hydrogens is 418 g/mol. The maximum atomic E-state index is 12.4. The van der Waals surface area contributed by atoms with E-state index >= 15 is 0 Å². The number of carbonyl (C=O) groups excluding carboxylic acids is 1. The standard InChI is InChI=1S/C31H55NO2/c1-8-9-10-11-12-13-14-15-16-17-18-19-22-32-28(33)21-20-25-23-26(30(2,3)4)29(34)27(24-25)31(5,6)7/h23-24,34H,8-22H2,1-7H3,(H,32,33). The molecule has 0 saturated carbocycles. The highest BCUT2D eigenvalue weighted by atomic mass is 16.3. The molecule has 0 bridgehead atoms. The molecule has 0 fully saturated rings. The zero-order chi connectivity index (χ0) is 25.6. The molecule has 196 valence electrons. The Kier molecular flexibility index (Phi) is 13.9. The van der Waals surface area contributed by atoms with Crippen LogP contribution in [-0.4, -0.2) is 17.6 Å². The number of amides is 1. The van der Waals surface area contributed by atoms with Crippen LogP contribution >= 0.6 is 0 Å². The van der Waals surface area contributed by atoms with Crippen LogP contribution < -0.4 is 5.32 Å². The summed E-state index contributed by atoms with van der Waals surface area (Å²) in [5.74, 6) is 0.533. The van der Waals surface area contributed by atoms with Gasteiger partial charge in [-0.2, -0.15) is 0 Å². The highest BCUT2D eigenvalue weighted by molar-refractivity contribution is 5.76. The van der Waals surface area contributed by atoms with Crippen molar-refractivity contribution in [2.24, 2.45) is 0 Å². The summed E-state index contributed by atoms with van der Waals surface area (Å²) >= 11 is 0. The van der Waals surface area contributed by atoms with Gasteiger partial charge in [-0.25, -0.2) is 0 Å². The molecule has 0 aromatic heterocycles. The number of benzene rings is 1. The molecule has 0 aliphatic heterocycles. The van der Waals surface area contributed by atoms with Crippen molar-refractivity contribution in [3.8, 4) is 5.75 Å². The van der Waals surface area contributed by atoms with Gasteiger partial charge < -0.3 is 10.4 Å². The number of aryl methyl sites for hydroxylation is 1. The molecule has 0 saturated heterocycles. The van der Waals surface area contributed by atoms with Crippen LogP contribution in [0.25, 0.3) is 0 Å². The number of hydrogen-bond donors (Lipinski definition) is 2. The molecule has 1 aromatic carbocycles. The lowest BCUT2D eigenvalue weighted by Crippen LogP contribution is -2.24. The predicted molar refractivity (Wildman–Crippen MR) is 148 cm³/mol. The first-order valence-electron chi connectivity index (χ1n) is 14.1. The van der Waals surface area contributed by atoms with Crippen LogP contribution in [0, 0.1) is 0 Å². The van der Waals surface area contributed by atoms with Crippen LogP contribution in [0.15, 0.2) is 12.1 Å². The zero-order valence-electron chi connectivity index (χ0n) is 23.6. The van der Waals surface area contributed by atoms with Crippen LogP contribution in [0.2, 0.25) is 0 Å². The summed E-state index contributed by atoms with van der Waals surface area (Å²) in [5, 5.41) is 14.0. The van der Waals surface area contributed by atoms with Crippen molar-refractivity contribution in [1.82, 2.24) is 5.32 Å². The Morgan fingerprint density at radius 1 is 0.735 bits per heavy atom. The Morgan fingerprint density at radius 2 is 1.15 bits per heavy atom. The minimum absolute atomic E-state index is 0.130. The summed E-state index contributed by atoms with van der Waals surface area (Å²) in [4.78, 5) is 12.4. The van der Waals surface area contributed by atoms with E-state index in [4.69, 9.17) is 0 Å². The quantitative estimate of drug-likeness (QED) is 0.236. The summed E-state index contributed by atoms with van der Waals surface area (Å²) < 4.78 is 0. The maximum absolute atomic E-state index is 12.4. The van der Waals surface area contributed by atoms with E-state index in [1.165, 1.54) is 70.6 Å². The Labute approximate surface area is 211 Å². The molecule has 2 N–H and O–H groups in total. The maximum Gasteiger partial charge on any atom is 0.220 e. The second-order valence-electron chi connectivity index (χ2n) is 12.3. The van der Waals surface area contributed by atoms with Gasteiger partial charge in [0, 0.05) is 13.0 Å². The lowest BCUT2D eigenvalue weighted by atomic mass is 9.78. The average Bonchev–Trinajstić information content (AvgIpc) is 2.74. The molecule has 1 rings (SSSR count). The summed E-state index contributed by atoms with van der Waals surface area (Å²) in [7, 11) is 0. The number of aromatic hydroxyl groups is 1. The Morgan fingerprint density at radius 3 is 1.56 bits per heavy atom. The lowest BCUT2D eigenvalue weighted by molar-refractivity contribution is -0.121. The van der Waals surface area contributed by atoms with E-state index < -0.39 is 0 Å². The van der Waals surface area contributed by atoms with E-state index in [-0.39, 0.29) is 16.7 Å². The number of rotatable bonds is 16. The number of nitrogens with one attached hydrogen (secondary N) is 1. The number of hydrogen-bond acceptors (Lipinski definition) is 2. The predicted octanol–water partition coefficient (Wildman–Crippen LogP) is 8.74. The van der Waals surface area contributed by atoms with Gasteiger partial charge in [0.15, 0.2) is 0 Å². The fraction of sp³-hybridized carbons (Fsp3) is 0.774. The fourth-order valence-electron chi connectivity index (χ4n) is 4.52. The topological polar surface area (TPSA) is 49.3 Å². The molecular formula is C31H55NO2. The van der Waals surface area contributed by atoms with Crippen molar-refractivity contribution in [3.63, 3.8) is 0 Å². The van der Waals surface area contributed by atoms with Crippen molar-refractivity contribution in [2.45, 2.75) is 149 Å². The molecule has 0 unspecified atom stereocenters. The molecule has 34 heavy (non-hydrogen) atoms. The van der Waals surface area contributed by atoms with Gasteiger partial charge in [-0.3, -0.25) is 4.79 Å². The monoisotopic (exact) mass is 473 g/mol. The highest BCUT2D eigenvalue weighted by Crippen LogP contribution is 2.40. The molecule has 0 radical (unpaired) electrons. The van der Waals surface area contributed by atoms with Gasteiger partial charge >= 0.3 is 0 Å². The third-order valence-electron chi connectivity index (χ3n) is 6.78. The number of unbranched alkanes of at least 4 members (excludes halogenated alkanes) is 11. The van der Waals surface area contributed by atoms with Crippen LogP contribution in [0.1, 0.15) is 149 Å². The third kappa shape index (κ3) is 12.3. The van der Waals surface area contributed by atoms with Crippen LogP contribution in [0.4, 0.5) is 0 Å². The van der Waals surface area contributed by atoms with Gasteiger partial charge in [-0.05, 0) is 40.4 Å². The van der Waals surface area contributed by atoms with E-state index in [1.54, 1.807) is 0 Å². The van der Waals surface area contributed by atoms with Crippen LogP contribution in [0.3, 0.4) is 0 Å². The lowest BCUT2D eigenvalue weighted by Gasteiger charge is -2.28. The van der Waals surface area contributed by atoms with Crippen molar-refractivity contribution >= 4 is 5.91 Å². The molecule has 0 aliphatic rings. The second-order valence-corrected chi connectivity index (χ2v) is 12.3. The second kappa shape index (κ2) is 15.5. The summed E-state index contributed by atoms with van der Waals surface area (Å²) in [6, 6.07) is 4.17. The molecule has 3 nitrogen and oxygen atoms in total. The van der Waals surface area contributed by atoms with Gasteiger partial charge in [-0.15, -0.1) is 0 Å². The minimum Gasteiger partial charge on any atom is -0.507 e. The highest BCUT2D eigenvalue weighted by Gasteiger charge is 2.26. The smallest absolute Gasteiger partial charge is 0.220 e. The largest absolute Gasteiger partial charge is 0.507 e. The fourth-order valence-corrected chi connectivity index (χ4v) is 4.52. The number of phenols is 1. The average molecular weight is 474 g/mol.